The van der Waals surface area contributed by atoms with Gasteiger partial charge in [-0.3, -0.25) is 4.99 Å². The topological polar surface area (TPSA) is 21.6 Å². The Morgan fingerprint density at radius 3 is 2.56 bits per heavy atom. The van der Waals surface area contributed by atoms with Crippen molar-refractivity contribution in [2.24, 2.45) is 4.99 Å². The van der Waals surface area contributed by atoms with Crippen LogP contribution in [0.5, 0.6) is 5.75 Å². The van der Waals surface area contributed by atoms with E-state index in [1.807, 2.05) is 49.4 Å². The van der Waals surface area contributed by atoms with Crippen molar-refractivity contribution in [1.82, 2.24) is 0 Å². The molecule has 0 heterocycles. The first-order valence-corrected chi connectivity index (χ1v) is 5.99. The summed E-state index contributed by atoms with van der Waals surface area (Å²) in [5.74, 6) is 0.863. The highest BCUT2D eigenvalue weighted by atomic mass is 16.5. The van der Waals surface area contributed by atoms with Gasteiger partial charge in [0.1, 0.15) is 5.75 Å². The zero-order valence-electron chi connectivity index (χ0n) is 10.8. The molecule has 0 unspecified atom stereocenters. The Morgan fingerprint density at radius 1 is 1.06 bits per heavy atom. The van der Waals surface area contributed by atoms with E-state index in [1.54, 1.807) is 7.11 Å². The zero-order chi connectivity index (χ0) is 12.8. The number of methoxy groups -OCH3 is 1. The minimum absolute atomic E-state index is 0.712. The standard InChI is InChI=1S/C16H17NO/c1-13(15-9-6-10-16(11-15)18-2)17-12-14-7-4-3-5-8-14/h3-11H,12H2,1-2H3. The van der Waals surface area contributed by atoms with Crippen LogP contribution < -0.4 is 4.74 Å². The largest absolute Gasteiger partial charge is 0.497 e. The average molecular weight is 239 g/mol. The third kappa shape index (κ3) is 3.20. The Bertz CT molecular complexity index is 532. The van der Waals surface area contributed by atoms with Crippen molar-refractivity contribution in [2.75, 3.05) is 7.11 Å². The third-order valence-electron chi connectivity index (χ3n) is 2.83. The van der Waals surface area contributed by atoms with Crippen LogP contribution in [0.4, 0.5) is 0 Å². The summed E-state index contributed by atoms with van der Waals surface area (Å²) in [5.41, 5.74) is 3.35. The van der Waals surface area contributed by atoms with Crippen LogP contribution in [0, 0.1) is 0 Å². The molecule has 18 heavy (non-hydrogen) atoms. The maximum absolute atomic E-state index is 5.21. The molecule has 0 aliphatic carbocycles. The Morgan fingerprint density at radius 2 is 1.83 bits per heavy atom. The van der Waals surface area contributed by atoms with Crippen LogP contribution in [-0.4, -0.2) is 12.8 Å². The number of rotatable bonds is 4. The first-order valence-electron chi connectivity index (χ1n) is 5.99. The van der Waals surface area contributed by atoms with Crippen LogP contribution in [0.1, 0.15) is 18.1 Å². The van der Waals surface area contributed by atoms with Gasteiger partial charge >= 0.3 is 0 Å². The molecule has 92 valence electrons. The molecule has 0 aromatic heterocycles. The molecule has 0 bridgehead atoms. The fourth-order valence-corrected chi connectivity index (χ4v) is 1.73. The molecule has 0 saturated heterocycles. The first kappa shape index (κ1) is 12.4. The van der Waals surface area contributed by atoms with Crippen LogP contribution in [0.25, 0.3) is 0 Å². The van der Waals surface area contributed by atoms with Crippen LogP contribution in [0.15, 0.2) is 59.6 Å². The maximum atomic E-state index is 5.21. The van der Waals surface area contributed by atoms with Gasteiger partial charge in [-0.1, -0.05) is 42.5 Å². The van der Waals surface area contributed by atoms with Crippen molar-refractivity contribution in [1.29, 1.82) is 0 Å². The van der Waals surface area contributed by atoms with Gasteiger partial charge in [0.25, 0.3) is 0 Å². The van der Waals surface area contributed by atoms with Gasteiger partial charge in [0.05, 0.1) is 13.7 Å². The molecule has 0 spiro atoms. The molecular weight excluding hydrogens is 222 g/mol. The Balaban J connectivity index is 2.12. The Kier molecular flexibility index (Phi) is 4.13. The molecule has 2 rings (SSSR count). The summed E-state index contributed by atoms with van der Waals surface area (Å²) < 4.78 is 5.21. The number of hydrogen-bond donors (Lipinski definition) is 0. The van der Waals surface area contributed by atoms with Crippen molar-refractivity contribution >= 4 is 5.71 Å². The highest BCUT2D eigenvalue weighted by Crippen LogP contribution is 2.13. The van der Waals surface area contributed by atoms with Gasteiger partial charge in [-0.2, -0.15) is 0 Å². The Hall–Kier alpha value is -2.09. The second-order valence-electron chi connectivity index (χ2n) is 4.12. The van der Waals surface area contributed by atoms with E-state index in [-0.39, 0.29) is 0 Å². The van der Waals surface area contributed by atoms with Gasteiger partial charge in [0.15, 0.2) is 0 Å². The van der Waals surface area contributed by atoms with E-state index < -0.39 is 0 Å². The molecule has 2 heteroatoms. The lowest BCUT2D eigenvalue weighted by molar-refractivity contribution is 0.414. The lowest BCUT2D eigenvalue weighted by Crippen LogP contribution is -1.96. The number of hydrogen-bond acceptors (Lipinski definition) is 2. The molecule has 2 aromatic carbocycles. The van der Waals surface area contributed by atoms with E-state index in [2.05, 4.69) is 17.1 Å². The smallest absolute Gasteiger partial charge is 0.119 e. The molecule has 0 N–H and O–H groups in total. The summed E-state index contributed by atoms with van der Waals surface area (Å²) in [6.07, 6.45) is 0. The maximum Gasteiger partial charge on any atom is 0.119 e. The van der Waals surface area contributed by atoms with Crippen LogP contribution in [0.3, 0.4) is 0 Å². The van der Waals surface area contributed by atoms with Crippen molar-refractivity contribution < 1.29 is 4.74 Å². The lowest BCUT2D eigenvalue weighted by Gasteiger charge is -2.04. The summed E-state index contributed by atoms with van der Waals surface area (Å²) >= 11 is 0. The molecular formula is C16H17NO. The van der Waals surface area contributed by atoms with Crippen molar-refractivity contribution in [3.8, 4) is 5.75 Å². The van der Waals surface area contributed by atoms with Gasteiger partial charge < -0.3 is 4.74 Å². The fourth-order valence-electron chi connectivity index (χ4n) is 1.73. The molecule has 2 nitrogen and oxygen atoms in total. The summed E-state index contributed by atoms with van der Waals surface area (Å²) in [4.78, 5) is 4.60. The van der Waals surface area contributed by atoms with Crippen molar-refractivity contribution in [2.45, 2.75) is 13.5 Å². The van der Waals surface area contributed by atoms with Crippen LogP contribution >= 0.6 is 0 Å². The normalized spacial score (nSPS) is 11.3. The van der Waals surface area contributed by atoms with Crippen molar-refractivity contribution in [3.63, 3.8) is 0 Å². The minimum atomic E-state index is 0.712. The summed E-state index contributed by atoms with van der Waals surface area (Å²) in [6.45, 7) is 2.74. The molecule has 0 saturated carbocycles. The minimum Gasteiger partial charge on any atom is -0.497 e. The second-order valence-corrected chi connectivity index (χ2v) is 4.12. The molecule has 0 aliphatic rings. The van der Waals surface area contributed by atoms with E-state index in [0.29, 0.717) is 6.54 Å². The summed E-state index contributed by atoms with van der Waals surface area (Å²) in [7, 11) is 1.68. The van der Waals surface area contributed by atoms with E-state index in [9.17, 15) is 0 Å². The average Bonchev–Trinajstić information content (AvgIpc) is 2.46. The number of ether oxygens (including phenoxy) is 1. The van der Waals surface area contributed by atoms with E-state index in [0.717, 1.165) is 17.0 Å². The van der Waals surface area contributed by atoms with Gasteiger partial charge in [0, 0.05) is 5.71 Å². The molecule has 0 fully saturated rings. The van der Waals surface area contributed by atoms with Gasteiger partial charge in [-0.05, 0) is 30.2 Å². The van der Waals surface area contributed by atoms with Crippen molar-refractivity contribution in [3.05, 3.63) is 65.7 Å². The molecule has 0 atom stereocenters. The van der Waals surface area contributed by atoms with Crippen LogP contribution in [-0.2, 0) is 6.54 Å². The van der Waals surface area contributed by atoms with Gasteiger partial charge in [0.2, 0.25) is 0 Å². The number of nitrogens with zero attached hydrogens (tertiary/aromatic N) is 1. The van der Waals surface area contributed by atoms with Crippen LogP contribution in [0.2, 0.25) is 0 Å². The highest BCUT2D eigenvalue weighted by Gasteiger charge is 1.99. The first-order chi connectivity index (χ1) is 8.79. The lowest BCUT2D eigenvalue weighted by atomic mass is 10.1. The quantitative estimate of drug-likeness (QED) is 0.745. The van der Waals surface area contributed by atoms with E-state index in [4.69, 9.17) is 4.74 Å². The molecule has 0 amide bonds. The van der Waals surface area contributed by atoms with Gasteiger partial charge in [-0.25, -0.2) is 0 Å². The third-order valence-corrected chi connectivity index (χ3v) is 2.83. The fraction of sp³-hybridized carbons (Fsp3) is 0.188. The molecule has 0 aliphatic heterocycles. The number of benzene rings is 2. The monoisotopic (exact) mass is 239 g/mol. The van der Waals surface area contributed by atoms with E-state index >= 15 is 0 Å². The molecule has 2 aromatic rings. The predicted molar refractivity (Wildman–Crippen MR) is 75.4 cm³/mol. The summed E-state index contributed by atoms with van der Waals surface area (Å²) in [5, 5.41) is 0. The second kappa shape index (κ2) is 6.01. The SMILES string of the molecule is COc1cccc(C(C)=NCc2ccccc2)c1. The molecule has 0 radical (unpaired) electrons. The highest BCUT2D eigenvalue weighted by molar-refractivity contribution is 5.99. The predicted octanol–water partition coefficient (Wildman–Crippen LogP) is 3.70. The van der Waals surface area contributed by atoms with E-state index in [1.165, 1.54) is 5.56 Å². The Labute approximate surface area is 108 Å². The van der Waals surface area contributed by atoms with Gasteiger partial charge in [-0.15, -0.1) is 0 Å². The zero-order valence-corrected chi connectivity index (χ0v) is 10.8. The number of aliphatic imine (C=N–C) groups is 1. The summed E-state index contributed by atoms with van der Waals surface area (Å²) in [6, 6.07) is 18.2.